The maximum absolute atomic E-state index is 12.3. The van der Waals surface area contributed by atoms with Gasteiger partial charge in [-0.25, -0.2) is 0 Å². The SMILES string of the molecule is CN(C)CCC(=O)OCc1cc(OCCCCCCCCCCCCCCCCCC(=O)O)cc(OCCCCCCCCCCCCCCCCCC(=O)O)c1. The average Bonchev–Trinajstić information content (AvgIpc) is 3.18. The second kappa shape index (κ2) is 38.7. The predicted octanol–water partition coefficient (Wildman–Crippen LogP) is 13.1. The molecule has 9 heteroatoms. The summed E-state index contributed by atoms with van der Waals surface area (Å²) in [5, 5.41) is 17.4. The van der Waals surface area contributed by atoms with Crippen molar-refractivity contribution in [2.24, 2.45) is 0 Å². The number of hydrogen-bond acceptors (Lipinski definition) is 7. The van der Waals surface area contributed by atoms with Gasteiger partial charge < -0.3 is 29.3 Å². The minimum atomic E-state index is -0.676. The molecule has 0 heterocycles. The first-order valence-electron chi connectivity index (χ1n) is 23.4. The van der Waals surface area contributed by atoms with Crippen LogP contribution in [0.2, 0.25) is 0 Å². The standard InChI is InChI=1S/C48H85NO8/c1-49(2)36-35-48(54)57-42-43-39-44(55-37-31-27-23-19-15-11-7-3-5-9-13-17-21-25-29-33-46(50)51)41-45(40-43)56-38-32-28-24-20-16-12-8-4-6-10-14-18-22-26-30-34-47(52)53/h39-41H,3-38,42H2,1-2H3,(H,50,51)(H,52,53). The Kier molecular flexibility index (Phi) is 35.4. The molecule has 57 heavy (non-hydrogen) atoms. The predicted molar refractivity (Wildman–Crippen MR) is 233 cm³/mol. The molecule has 0 atom stereocenters. The number of carbonyl (C=O) groups excluding carboxylic acids is 1. The molecule has 0 amide bonds. The highest BCUT2D eigenvalue weighted by Gasteiger charge is 2.09. The average molecular weight is 804 g/mol. The number of carboxylic acid groups (broad SMARTS) is 2. The Hall–Kier alpha value is -2.81. The number of carboxylic acids is 2. The summed E-state index contributed by atoms with van der Waals surface area (Å²) in [5.74, 6) is -0.000467. The van der Waals surface area contributed by atoms with E-state index in [-0.39, 0.29) is 12.6 Å². The van der Waals surface area contributed by atoms with E-state index in [0.29, 0.717) is 39.0 Å². The Labute approximate surface area is 348 Å². The zero-order valence-corrected chi connectivity index (χ0v) is 36.7. The van der Waals surface area contributed by atoms with Gasteiger partial charge in [-0.3, -0.25) is 14.4 Å². The fraction of sp³-hybridized carbons (Fsp3) is 0.812. The van der Waals surface area contributed by atoms with Gasteiger partial charge in [-0.1, -0.05) is 167 Å². The maximum Gasteiger partial charge on any atom is 0.307 e. The van der Waals surface area contributed by atoms with Gasteiger partial charge in [0, 0.05) is 25.5 Å². The van der Waals surface area contributed by atoms with E-state index in [9.17, 15) is 14.4 Å². The molecule has 1 aromatic rings. The summed E-state index contributed by atoms with van der Waals surface area (Å²) in [6.45, 7) is 2.22. The lowest BCUT2D eigenvalue weighted by molar-refractivity contribution is -0.145. The molecule has 1 rings (SSSR count). The summed E-state index contributed by atoms with van der Waals surface area (Å²) in [6.07, 6.45) is 37.4. The fourth-order valence-electron chi connectivity index (χ4n) is 7.16. The first-order valence-corrected chi connectivity index (χ1v) is 23.4. The third-order valence-corrected chi connectivity index (χ3v) is 10.7. The number of esters is 1. The van der Waals surface area contributed by atoms with Crippen LogP contribution in [0, 0.1) is 0 Å². The molecule has 0 aliphatic heterocycles. The van der Waals surface area contributed by atoms with Crippen LogP contribution < -0.4 is 9.47 Å². The third-order valence-electron chi connectivity index (χ3n) is 10.7. The van der Waals surface area contributed by atoms with Gasteiger partial charge in [0.1, 0.15) is 18.1 Å². The summed E-state index contributed by atoms with van der Waals surface area (Å²) in [6, 6.07) is 5.92. The lowest BCUT2D eigenvalue weighted by Crippen LogP contribution is -2.17. The highest BCUT2D eigenvalue weighted by Crippen LogP contribution is 2.25. The molecule has 2 N–H and O–H groups in total. The molecule has 0 aromatic heterocycles. The van der Waals surface area contributed by atoms with E-state index in [0.717, 1.165) is 55.6 Å². The molecule has 0 fully saturated rings. The summed E-state index contributed by atoms with van der Waals surface area (Å²) in [5.41, 5.74) is 0.890. The van der Waals surface area contributed by atoms with Gasteiger partial charge in [-0.15, -0.1) is 0 Å². The van der Waals surface area contributed by atoms with Crippen molar-refractivity contribution >= 4 is 17.9 Å². The van der Waals surface area contributed by atoms with E-state index >= 15 is 0 Å². The Morgan fingerprint density at radius 2 is 0.737 bits per heavy atom. The van der Waals surface area contributed by atoms with Crippen molar-refractivity contribution in [1.82, 2.24) is 4.90 Å². The Balaban J connectivity index is 2.19. The van der Waals surface area contributed by atoms with E-state index in [2.05, 4.69) is 0 Å². The molecular weight excluding hydrogens is 719 g/mol. The molecule has 0 aliphatic carbocycles. The van der Waals surface area contributed by atoms with Crippen molar-refractivity contribution in [2.45, 2.75) is 218 Å². The van der Waals surface area contributed by atoms with E-state index in [1.807, 2.05) is 37.2 Å². The van der Waals surface area contributed by atoms with Crippen LogP contribution in [0.1, 0.15) is 217 Å². The minimum Gasteiger partial charge on any atom is -0.493 e. The van der Waals surface area contributed by atoms with Crippen LogP contribution in [-0.2, 0) is 25.7 Å². The summed E-state index contributed by atoms with van der Waals surface area (Å²) >= 11 is 0. The largest absolute Gasteiger partial charge is 0.493 e. The molecule has 1 aromatic carbocycles. The van der Waals surface area contributed by atoms with Crippen LogP contribution in [0.5, 0.6) is 11.5 Å². The Morgan fingerprint density at radius 1 is 0.439 bits per heavy atom. The van der Waals surface area contributed by atoms with Crippen LogP contribution in [0.3, 0.4) is 0 Å². The normalized spacial score (nSPS) is 11.3. The summed E-state index contributed by atoms with van der Waals surface area (Å²) in [7, 11) is 3.90. The van der Waals surface area contributed by atoms with Gasteiger partial charge in [0.05, 0.1) is 19.6 Å². The van der Waals surface area contributed by atoms with Gasteiger partial charge in [0.15, 0.2) is 0 Å². The van der Waals surface area contributed by atoms with Crippen LogP contribution >= 0.6 is 0 Å². The topological polar surface area (TPSA) is 123 Å². The number of hydrogen-bond donors (Lipinski definition) is 2. The van der Waals surface area contributed by atoms with Gasteiger partial charge in [-0.2, -0.15) is 0 Å². The van der Waals surface area contributed by atoms with Gasteiger partial charge in [-0.05, 0) is 57.5 Å². The first-order chi connectivity index (χ1) is 27.8. The molecular formula is C48H85NO8. The number of aliphatic carboxylic acids is 2. The van der Waals surface area contributed by atoms with Crippen molar-refractivity contribution in [2.75, 3.05) is 33.9 Å². The zero-order valence-electron chi connectivity index (χ0n) is 36.7. The number of unbranched alkanes of at least 4 members (excludes halogenated alkanes) is 28. The van der Waals surface area contributed by atoms with Crippen molar-refractivity contribution in [1.29, 1.82) is 0 Å². The van der Waals surface area contributed by atoms with Crippen molar-refractivity contribution in [3.8, 4) is 11.5 Å². The zero-order chi connectivity index (χ0) is 41.4. The number of nitrogens with zero attached hydrogens (tertiary/aromatic N) is 1. The lowest BCUT2D eigenvalue weighted by atomic mass is 10.0. The van der Waals surface area contributed by atoms with E-state index in [1.54, 1.807) is 0 Å². The number of carbonyl (C=O) groups is 3. The smallest absolute Gasteiger partial charge is 0.307 e. The highest BCUT2D eigenvalue weighted by molar-refractivity contribution is 5.69. The molecule has 330 valence electrons. The number of rotatable bonds is 43. The molecule has 0 unspecified atom stereocenters. The molecule has 0 saturated heterocycles. The molecule has 9 nitrogen and oxygen atoms in total. The maximum atomic E-state index is 12.3. The Morgan fingerprint density at radius 3 is 1.04 bits per heavy atom. The van der Waals surface area contributed by atoms with Gasteiger partial charge in [0.25, 0.3) is 0 Å². The number of ether oxygens (including phenoxy) is 3. The van der Waals surface area contributed by atoms with Crippen LogP contribution in [0.4, 0.5) is 0 Å². The van der Waals surface area contributed by atoms with Gasteiger partial charge >= 0.3 is 17.9 Å². The first kappa shape index (κ1) is 52.2. The van der Waals surface area contributed by atoms with Gasteiger partial charge in [0.2, 0.25) is 0 Å². The quantitative estimate of drug-likeness (QED) is 0.0490. The molecule has 0 aliphatic rings. The summed E-state index contributed by atoms with van der Waals surface area (Å²) < 4.78 is 17.9. The molecule has 0 bridgehead atoms. The van der Waals surface area contributed by atoms with E-state index in [1.165, 1.54) is 154 Å². The van der Waals surface area contributed by atoms with Crippen molar-refractivity contribution in [3.05, 3.63) is 23.8 Å². The minimum absolute atomic E-state index is 0.200. The second-order valence-corrected chi connectivity index (χ2v) is 16.6. The highest BCUT2D eigenvalue weighted by atomic mass is 16.5. The second-order valence-electron chi connectivity index (χ2n) is 16.6. The lowest BCUT2D eigenvalue weighted by Gasteiger charge is -2.13. The number of benzene rings is 1. The monoisotopic (exact) mass is 804 g/mol. The fourth-order valence-corrected chi connectivity index (χ4v) is 7.16. The van der Waals surface area contributed by atoms with E-state index in [4.69, 9.17) is 24.4 Å². The van der Waals surface area contributed by atoms with Crippen LogP contribution in [-0.4, -0.2) is 66.9 Å². The molecule has 0 radical (unpaired) electrons. The molecule has 0 saturated carbocycles. The molecule has 0 spiro atoms. The van der Waals surface area contributed by atoms with Crippen LogP contribution in [0.15, 0.2) is 18.2 Å². The third kappa shape index (κ3) is 37.2. The van der Waals surface area contributed by atoms with Crippen molar-refractivity contribution in [3.63, 3.8) is 0 Å². The van der Waals surface area contributed by atoms with Crippen LogP contribution in [0.25, 0.3) is 0 Å². The Bertz CT molecular complexity index is 1040. The van der Waals surface area contributed by atoms with Crippen molar-refractivity contribution < 1.29 is 38.8 Å². The van der Waals surface area contributed by atoms with E-state index < -0.39 is 11.9 Å². The summed E-state index contributed by atoms with van der Waals surface area (Å²) in [4.78, 5) is 35.4.